The van der Waals surface area contributed by atoms with Crippen LogP contribution in [0.15, 0.2) is 71.5 Å². The number of hydrogen-bond acceptors (Lipinski definition) is 1. The van der Waals surface area contributed by atoms with Crippen LogP contribution < -0.4 is 5.43 Å². The van der Waals surface area contributed by atoms with Gasteiger partial charge in [0.15, 0.2) is 5.43 Å². The molecule has 0 aliphatic rings. The zero-order valence-electron chi connectivity index (χ0n) is 14.3. The van der Waals surface area contributed by atoms with Crippen molar-refractivity contribution >= 4 is 0 Å². The maximum Gasteiger partial charge on any atom is 0.185 e. The third kappa shape index (κ3) is 3.18. The van der Waals surface area contributed by atoms with Gasteiger partial charge in [0, 0.05) is 23.0 Å². The van der Waals surface area contributed by atoms with Gasteiger partial charge in [-0.2, -0.15) is 0 Å². The van der Waals surface area contributed by atoms with E-state index in [1.807, 2.05) is 49.4 Å². The van der Waals surface area contributed by atoms with Crippen molar-refractivity contribution in [3.8, 4) is 16.9 Å². The molecule has 0 saturated heterocycles. The van der Waals surface area contributed by atoms with Crippen LogP contribution >= 0.6 is 0 Å². The average molecular weight is 317 g/mol. The number of nitrogens with zero attached hydrogens (tertiary/aromatic N) is 1. The fraction of sp³-hybridized carbons (Fsp3) is 0.227. The van der Waals surface area contributed by atoms with Gasteiger partial charge in [-0.1, -0.05) is 61.9 Å². The van der Waals surface area contributed by atoms with E-state index in [1.54, 1.807) is 0 Å². The van der Waals surface area contributed by atoms with Crippen LogP contribution in [0.5, 0.6) is 0 Å². The van der Waals surface area contributed by atoms with Crippen molar-refractivity contribution in [1.82, 2.24) is 4.57 Å². The summed E-state index contributed by atoms with van der Waals surface area (Å²) >= 11 is 0. The lowest BCUT2D eigenvalue weighted by molar-refractivity contribution is 0.751. The molecule has 0 unspecified atom stereocenters. The summed E-state index contributed by atoms with van der Waals surface area (Å²) in [6.07, 6.45) is 3.09. The molecule has 0 bridgehead atoms. The molecule has 0 amide bonds. The largest absolute Gasteiger partial charge is 0.313 e. The Labute approximate surface area is 143 Å². The van der Waals surface area contributed by atoms with Crippen molar-refractivity contribution < 1.29 is 0 Å². The molecule has 3 aromatic rings. The Morgan fingerprint density at radius 1 is 0.917 bits per heavy atom. The van der Waals surface area contributed by atoms with Gasteiger partial charge < -0.3 is 4.57 Å². The van der Waals surface area contributed by atoms with Crippen LogP contribution in [-0.2, 0) is 6.42 Å². The topological polar surface area (TPSA) is 22.0 Å². The molecule has 0 radical (unpaired) electrons. The van der Waals surface area contributed by atoms with Crippen LogP contribution in [0.2, 0.25) is 0 Å². The van der Waals surface area contributed by atoms with Crippen LogP contribution in [0.25, 0.3) is 16.9 Å². The number of para-hydroxylation sites is 1. The average Bonchev–Trinajstić information content (AvgIpc) is 2.63. The van der Waals surface area contributed by atoms with E-state index >= 15 is 0 Å². The first-order chi connectivity index (χ1) is 11.7. The highest BCUT2D eigenvalue weighted by molar-refractivity contribution is 5.66. The number of unbranched alkanes of at least 4 members (excludes halogenated alkanes) is 1. The third-order valence-corrected chi connectivity index (χ3v) is 4.38. The lowest BCUT2D eigenvalue weighted by Gasteiger charge is -2.21. The monoisotopic (exact) mass is 317 g/mol. The van der Waals surface area contributed by atoms with Crippen molar-refractivity contribution in [3.63, 3.8) is 0 Å². The number of pyridine rings is 1. The molecule has 2 heteroatoms. The van der Waals surface area contributed by atoms with Crippen molar-refractivity contribution in [1.29, 1.82) is 0 Å². The van der Waals surface area contributed by atoms with Crippen LogP contribution in [0.3, 0.4) is 0 Å². The summed E-state index contributed by atoms with van der Waals surface area (Å²) in [5.74, 6) is 0. The van der Waals surface area contributed by atoms with Gasteiger partial charge in [-0.05, 0) is 37.5 Å². The van der Waals surface area contributed by atoms with Gasteiger partial charge in [-0.3, -0.25) is 4.79 Å². The molecule has 3 rings (SSSR count). The highest BCUT2D eigenvalue weighted by Crippen LogP contribution is 2.27. The molecule has 0 N–H and O–H groups in total. The Morgan fingerprint density at radius 3 is 2.17 bits per heavy atom. The van der Waals surface area contributed by atoms with Gasteiger partial charge >= 0.3 is 0 Å². The van der Waals surface area contributed by atoms with E-state index < -0.39 is 0 Å². The summed E-state index contributed by atoms with van der Waals surface area (Å²) < 4.78 is 2.25. The lowest BCUT2D eigenvalue weighted by Crippen LogP contribution is -2.17. The molecule has 0 spiro atoms. The molecule has 2 nitrogen and oxygen atoms in total. The van der Waals surface area contributed by atoms with Crippen molar-refractivity contribution in [3.05, 3.63) is 88.2 Å². The van der Waals surface area contributed by atoms with E-state index in [0.717, 1.165) is 47.5 Å². The van der Waals surface area contributed by atoms with Gasteiger partial charge in [0.05, 0.1) is 5.69 Å². The Morgan fingerprint density at radius 2 is 1.54 bits per heavy atom. The van der Waals surface area contributed by atoms with Crippen LogP contribution in [0, 0.1) is 6.92 Å². The van der Waals surface area contributed by atoms with Crippen LogP contribution in [0.1, 0.15) is 31.0 Å². The molecule has 0 aliphatic heterocycles. The zero-order chi connectivity index (χ0) is 16.9. The van der Waals surface area contributed by atoms with Crippen LogP contribution in [-0.4, -0.2) is 4.57 Å². The van der Waals surface area contributed by atoms with E-state index in [9.17, 15) is 4.79 Å². The van der Waals surface area contributed by atoms with Gasteiger partial charge in [0.1, 0.15) is 0 Å². The molecule has 1 heterocycles. The second-order valence-corrected chi connectivity index (χ2v) is 6.11. The first-order valence-corrected chi connectivity index (χ1v) is 8.58. The second kappa shape index (κ2) is 7.31. The summed E-state index contributed by atoms with van der Waals surface area (Å²) in [5, 5.41) is 0. The number of aryl methyl sites for hydroxylation is 1. The smallest absolute Gasteiger partial charge is 0.185 e. The van der Waals surface area contributed by atoms with Crippen LogP contribution in [0.4, 0.5) is 0 Å². The number of benzene rings is 2. The van der Waals surface area contributed by atoms with E-state index in [-0.39, 0.29) is 5.43 Å². The number of aromatic nitrogens is 1. The lowest BCUT2D eigenvalue weighted by atomic mass is 10.0. The SMILES string of the molecule is CCCCc1cc(=O)c(C)c(-c2ccccc2)n1-c1ccccc1. The van der Waals surface area contributed by atoms with E-state index in [1.165, 1.54) is 0 Å². The Hall–Kier alpha value is -2.61. The molecular formula is C22H23NO. The Bertz CT molecular complexity index is 864. The maximum atomic E-state index is 12.6. The summed E-state index contributed by atoms with van der Waals surface area (Å²) in [4.78, 5) is 12.6. The standard InChI is InChI=1S/C22H23NO/c1-3-4-13-20-16-21(24)17(2)22(18-11-7-5-8-12-18)23(20)19-14-9-6-10-15-19/h5-12,14-16H,3-4,13H2,1-2H3. The first kappa shape index (κ1) is 16.3. The molecule has 122 valence electrons. The third-order valence-electron chi connectivity index (χ3n) is 4.38. The minimum absolute atomic E-state index is 0.118. The summed E-state index contributed by atoms with van der Waals surface area (Å²) in [6, 6.07) is 22.3. The molecule has 24 heavy (non-hydrogen) atoms. The van der Waals surface area contributed by atoms with E-state index in [0.29, 0.717) is 0 Å². The zero-order valence-corrected chi connectivity index (χ0v) is 14.3. The molecule has 0 atom stereocenters. The van der Waals surface area contributed by atoms with Crippen molar-refractivity contribution in [2.24, 2.45) is 0 Å². The molecule has 0 saturated carbocycles. The first-order valence-electron chi connectivity index (χ1n) is 8.58. The molecule has 1 aromatic heterocycles. The minimum atomic E-state index is 0.118. The van der Waals surface area contributed by atoms with Crippen molar-refractivity contribution in [2.75, 3.05) is 0 Å². The van der Waals surface area contributed by atoms with E-state index in [4.69, 9.17) is 0 Å². The Kier molecular flexibility index (Phi) is 4.95. The van der Waals surface area contributed by atoms with Gasteiger partial charge in [-0.25, -0.2) is 0 Å². The molecule has 0 fully saturated rings. The minimum Gasteiger partial charge on any atom is -0.313 e. The second-order valence-electron chi connectivity index (χ2n) is 6.11. The highest BCUT2D eigenvalue weighted by atomic mass is 16.1. The summed E-state index contributed by atoms with van der Waals surface area (Å²) in [6.45, 7) is 4.10. The number of rotatable bonds is 5. The highest BCUT2D eigenvalue weighted by Gasteiger charge is 2.15. The summed E-state index contributed by atoms with van der Waals surface area (Å²) in [7, 11) is 0. The predicted molar refractivity (Wildman–Crippen MR) is 101 cm³/mol. The normalized spacial score (nSPS) is 10.8. The number of hydrogen-bond donors (Lipinski definition) is 0. The maximum absolute atomic E-state index is 12.6. The Balaban J connectivity index is 2.33. The summed E-state index contributed by atoms with van der Waals surface area (Å²) in [5.41, 5.74) is 5.18. The van der Waals surface area contributed by atoms with E-state index in [2.05, 4.69) is 35.8 Å². The quantitative estimate of drug-likeness (QED) is 0.637. The molecule has 0 aliphatic carbocycles. The molecule has 2 aromatic carbocycles. The van der Waals surface area contributed by atoms with Gasteiger partial charge in [0.25, 0.3) is 0 Å². The van der Waals surface area contributed by atoms with Crippen molar-refractivity contribution in [2.45, 2.75) is 33.1 Å². The fourth-order valence-electron chi connectivity index (χ4n) is 3.11. The van der Waals surface area contributed by atoms with Gasteiger partial charge in [0.2, 0.25) is 0 Å². The molecular weight excluding hydrogens is 294 g/mol. The van der Waals surface area contributed by atoms with Gasteiger partial charge in [-0.15, -0.1) is 0 Å². The predicted octanol–water partition coefficient (Wildman–Crippen LogP) is 5.16. The fourth-order valence-corrected chi connectivity index (χ4v) is 3.11.